The number of rotatable bonds is 5. The van der Waals surface area contributed by atoms with E-state index < -0.39 is 0 Å². The van der Waals surface area contributed by atoms with E-state index in [0.717, 1.165) is 23.3 Å². The molecule has 18 heavy (non-hydrogen) atoms. The van der Waals surface area contributed by atoms with E-state index in [-0.39, 0.29) is 6.10 Å². The van der Waals surface area contributed by atoms with Crippen LogP contribution in [0.15, 0.2) is 24.3 Å². The average molecular weight is 247 g/mol. The third-order valence-electron chi connectivity index (χ3n) is 3.73. The first-order valence-corrected chi connectivity index (χ1v) is 7.08. The van der Waals surface area contributed by atoms with Crippen molar-refractivity contribution >= 4 is 5.69 Å². The summed E-state index contributed by atoms with van der Waals surface area (Å²) in [5.41, 5.74) is 1.14. The van der Waals surface area contributed by atoms with E-state index >= 15 is 0 Å². The Hall–Kier alpha value is -1.18. The Labute approximate surface area is 111 Å². The van der Waals surface area contributed by atoms with Crippen LogP contribution in [0, 0.1) is 11.8 Å². The lowest BCUT2D eigenvalue weighted by molar-refractivity contribution is 0.210. The molecule has 0 saturated heterocycles. The Morgan fingerprint density at radius 2 is 1.78 bits per heavy atom. The second-order valence-electron chi connectivity index (χ2n) is 5.98. The summed E-state index contributed by atoms with van der Waals surface area (Å²) >= 11 is 0. The molecule has 0 radical (unpaired) electrons. The monoisotopic (exact) mass is 247 g/mol. The SMILES string of the molecule is CC(C)Oc1ccccc1NC1CC(C(C)C)C1. The predicted octanol–water partition coefficient (Wildman–Crippen LogP) is 4.32. The maximum atomic E-state index is 5.83. The number of hydrogen-bond donors (Lipinski definition) is 1. The molecule has 0 aliphatic heterocycles. The van der Waals surface area contributed by atoms with Crippen LogP contribution in [0.1, 0.15) is 40.5 Å². The molecule has 0 aromatic heterocycles. The zero-order valence-corrected chi connectivity index (χ0v) is 11.9. The molecular formula is C16H25NO. The van der Waals surface area contributed by atoms with Gasteiger partial charge in [-0.3, -0.25) is 0 Å². The van der Waals surface area contributed by atoms with Crippen LogP contribution in [0.4, 0.5) is 5.69 Å². The molecule has 0 spiro atoms. The van der Waals surface area contributed by atoms with Crippen molar-refractivity contribution in [1.29, 1.82) is 0 Å². The molecule has 2 heteroatoms. The predicted molar refractivity (Wildman–Crippen MR) is 77.2 cm³/mol. The highest BCUT2D eigenvalue weighted by molar-refractivity contribution is 5.57. The van der Waals surface area contributed by atoms with Crippen LogP contribution in [0.3, 0.4) is 0 Å². The highest BCUT2D eigenvalue weighted by atomic mass is 16.5. The van der Waals surface area contributed by atoms with Crippen molar-refractivity contribution in [3.8, 4) is 5.75 Å². The second kappa shape index (κ2) is 5.64. The van der Waals surface area contributed by atoms with Gasteiger partial charge < -0.3 is 10.1 Å². The first-order valence-electron chi connectivity index (χ1n) is 7.08. The van der Waals surface area contributed by atoms with Crippen molar-refractivity contribution in [2.24, 2.45) is 11.8 Å². The third kappa shape index (κ3) is 3.18. The number of ether oxygens (including phenoxy) is 1. The van der Waals surface area contributed by atoms with E-state index in [4.69, 9.17) is 4.74 Å². The molecule has 1 fully saturated rings. The van der Waals surface area contributed by atoms with Crippen LogP contribution in [-0.2, 0) is 0 Å². The topological polar surface area (TPSA) is 21.3 Å². The van der Waals surface area contributed by atoms with Crippen molar-refractivity contribution in [1.82, 2.24) is 0 Å². The molecule has 1 N–H and O–H groups in total. The van der Waals surface area contributed by atoms with Gasteiger partial charge in [0.15, 0.2) is 0 Å². The van der Waals surface area contributed by atoms with Crippen LogP contribution in [-0.4, -0.2) is 12.1 Å². The quantitative estimate of drug-likeness (QED) is 0.836. The third-order valence-corrected chi connectivity index (χ3v) is 3.73. The van der Waals surface area contributed by atoms with Crippen LogP contribution < -0.4 is 10.1 Å². The molecule has 1 aromatic carbocycles. The van der Waals surface area contributed by atoms with Crippen molar-refractivity contribution in [3.05, 3.63) is 24.3 Å². The second-order valence-corrected chi connectivity index (χ2v) is 5.98. The van der Waals surface area contributed by atoms with E-state index in [9.17, 15) is 0 Å². The summed E-state index contributed by atoms with van der Waals surface area (Å²) in [6.45, 7) is 8.76. The van der Waals surface area contributed by atoms with Gasteiger partial charge in [0.2, 0.25) is 0 Å². The number of benzene rings is 1. The Balaban J connectivity index is 1.94. The molecule has 1 saturated carbocycles. The largest absolute Gasteiger partial charge is 0.489 e. The fraction of sp³-hybridized carbons (Fsp3) is 0.625. The number of hydrogen-bond acceptors (Lipinski definition) is 2. The summed E-state index contributed by atoms with van der Waals surface area (Å²) in [7, 11) is 0. The van der Waals surface area contributed by atoms with Gasteiger partial charge in [-0.05, 0) is 50.7 Å². The molecule has 0 amide bonds. The molecule has 0 unspecified atom stereocenters. The zero-order valence-electron chi connectivity index (χ0n) is 11.9. The van der Waals surface area contributed by atoms with Gasteiger partial charge in [0, 0.05) is 6.04 Å². The summed E-state index contributed by atoms with van der Waals surface area (Å²) in [5.74, 6) is 2.67. The Bertz CT molecular complexity index is 380. The van der Waals surface area contributed by atoms with Gasteiger partial charge in [-0.15, -0.1) is 0 Å². The highest BCUT2D eigenvalue weighted by Gasteiger charge is 2.31. The van der Waals surface area contributed by atoms with E-state index in [0.29, 0.717) is 6.04 Å². The molecule has 1 aliphatic carbocycles. The average Bonchev–Trinajstić information content (AvgIpc) is 2.23. The van der Waals surface area contributed by atoms with Crippen molar-refractivity contribution in [2.75, 3.05) is 5.32 Å². The molecule has 2 nitrogen and oxygen atoms in total. The van der Waals surface area contributed by atoms with Gasteiger partial charge in [0.05, 0.1) is 11.8 Å². The summed E-state index contributed by atoms with van der Waals surface area (Å²) in [5, 5.41) is 3.61. The van der Waals surface area contributed by atoms with E-state index in [2.05, 4.69) is 45.1 Å². The number of nitrogens with one attached hydrogen (secondary N) is 1. The standard InChI is InChI=1S/C16H25NO/c1-11(2)13-9-14(10-13)17-15-7-5-6-8-16(15)18-12(3)4/h5-8,11-14,17H,9-10H2,1-4H3. The van der Waals surface area contributed by atoms with Crippen LogP contribution in [0.2, 0.25) is 0 Å². The molecule has 0 atom stereocenters. The molecule has 0 bridgehead atoms. The van der Waals surface area contributed by atoms with Crippen molar-refractivity contribution in [2.45, 2.75) is 52.7 Å². The first kappa shape index (κ1) is 13.3. The molecular weight excluding hydrogens is 222 g/mol. The van der Waals surface area contributed by atoms with Crippen LogP contribution in [0.25, 0.3) is 0 Å². The van der Waals surface area contributed by atoms with Gasteiger partial charge in [-0.2, -0.15) is 0 Å². The minimum absolute atomic E-state index is 0.220. The lowest BCUT2D eigenvalue weighted by atomic mass is 9.73. The van der Waals surface area contributed by atoms with Gasteiger partial charge in [0.1, 0.15) is 5.75 Å². The van der Waals surface area contributed by atoms with Crippen molar-refractivity contribution < 1.29 is 4.74 Å². The van der Waals surface area contributed by atoms with Crippen molar-refractivity contribution in [3.63, 3.8) is 0 Å². The first-order chi connectivity index (χ1) is 8.56. The maximum absolute atomic E-state index is 5.83. The summed E-state index contributed by atoms with van der Waals surface area (Å²) in [6, 6.07) is 8.87. The fourth-order valence-electron chi connectivity index (χ4n) is 2.49. The minimum Gasteiger partial charge on any atom is -0.489 e. The maximum Gasteiger partial charge on any atom is 0.142 e. The summed E-state index contributed by atoms with van der Waals surface area (Å²) in [6.07, 6.45) is 2.79. The van der Waals surface area contributed by atoms with E-state index in [1.807, 2.05) is 12.1 Å². The highest BCUT2D eigenvalue weighted by Crippen LogP contribution is 2.37. The van der Waals surface area contributed by atoms with Crippen LogP contribution >= 0.6 is 0 Å². The minimum atomic E-state index is 0.220. The molecule has 0 heterocycles. The van der Waals surface area contributed by atoms with Gasteiger partial charge in [0.25, 0.3) is 0 Å². The molecule has 1 aromatic rings. The van der Waals surface area contributed by atoms with Gasteiger partial charge >= 0.3 is 0 Å². The summed E-state index contributed by atoms with van der Waals surface area (Å²) in [4.78, 5) is 0. The lowest BCUT2D eigenvalue weighted by Gasteiger charge is -2.39. The normalized spacial score (nSPS) is 23.0. The molecule has 2 rings (SSSR count). The molecule has 1 aliphatic rings. The lowest BCUT2D eigenvalue weighted by Crippen LogP contribution is -2.38. The fourth-order valence-corrected chi connectivity index (χ4v) is 2.49. The van der Waals surface area contributed by atoms with Gasteiger partial charge in [-0.25, -0.2) is 0 Å². The smallest absolute Gasteiger partial charge is 0.142 e. The Morgan fingerprint density at radius 3 is 2.39 bits per heavy atom. The van der Waals surface area contributed by atoms with Gasteiger partial charge in [-0.1, -0.05) is 26.0 Å². The summed E-state index contributed by atoms with van der Waals surface area (Å²) < 4.78 is 5.83. The van der Waals surface area contributed by atoms with E-state index in [1.54, 1.807) is 0 Å². The zero-order chi connectivity index (χ0) is 13.1. The van der Waals surface area contributed by atoms with E-state index in [1.165, 1.54) is 12.8 Å². The van der Waals surface area contributed by atoms with Crippen LogP contribution in [0.5, 0.6) is 5.75 Å². The Morgan fingerprint density at radius 1 is 1.11 bits per heavy atom. The Kier molecular flexibility index (Phi) is 4.15. The number of anilines is 1. The number of para-hydroxylation sites is 2. The molecule has 100 valence electrons.